The third-order valence-electron chi connectivity index (χ3n) is 3.62. The zero-order chi connectivity index (χ0) is 13.2. The fourth-order valence-electron chi connectivity index (χ4n) is 2.64. The number of benzene rings is 2. The minimum absolute atomic E-state index is 0.256. The van der Waals surface area contributed by atoms with Crippen molar-refractivity contribution in [3.05, 3.63) is 53.6 Å². The van der Waals surface area contributed by atoms with Crippen LogP contribution in [0, 0.1) is 6.92 Å². The molecule has 0 radical (unpaired) electrons. The largest absolute Gasteiger partial charge is 0.488 e. The maximum Gasteiger partial charge on any atom is 0.130 e. The lowest BCUT2D eigenvalue weighted by Gasteiger charge is -2.12. The second-order valence-electron chi connectivity index (χ2n) is 5.16. The van der Waals surface area contributed by atoms with Crippen LogP contribution >= 0.6 is 0 Å². The van der Waals surface area contributed by atoms with Gasteiger partial charge in [-0.3, -0.25) is 0 Å². The van der Waals surface area contributed by atoms with E-state index in [0.29, 0.717) is 0 Å². The van der Waals surface area contributed by atoms with Gasteiger partial charge in [0.2, 0.25) is 0 Å². The molecule has 3 rings (SSSR count). The molecule has 1 aliphatic heterocycles. The van der Waals surface area contributed by atoms with E-state index >= 15 is 0 Å². The molecule has 98 valence electrons. The molecule has 1 heterocycles. The van der Waals surface area contributed by atoms with Crippen molar-refractivity contribution in [1.82, 2.24) is 5.32 Å². The number of hydrogen-bond acceptors (Lipinski definition) is 2. The zero-order valence-electron chi connectivity index (χ0n) is 11.4. The van der Waals surface area contributed by atoms with Crippen molar-refractivity contribution < 1.29 is 4.74 Å². The third-order valence-corrected chi connectivity index (χ3v) is 3.62. The fraction of sp³-hybridized carbons (Fsp3) is 0.294. The smallest absolute Gasteiger partial charge is 0.130 e. The summed E-state index contributed by atoms with van der Waals surface area (Å²) in [5.74, 6) is 1.06. The van der Waals surface area contributed by atoms with Gasteiger partial charge in [-0.25, -0.2) is 0 Å². The highest BCUT2D eigenvalue weighted by atomic mass is 16.5. The first-order chi connectivity index (χ1) is 9.28. The summed E-state index contributed by atoms with van der Waals surface area (Å²) in [6.07, 6.45) is 1.25. The number of hydrogen-bond donors (Lipinski definition) is 1. The molecule has 1 N–H and O–H groups in total. The lowest BCUT2D eigenvalue weighted by atomic mass is 10.00. The van der Waals surface area contributed by atoms with Crippen LogP contribution in [0.1, 0.15) is 11.1 Å². The molecule has 0 bridgehead atoms. The number of ether oxygens (including phenoxy) is 1. The molecule has 2 heteroatoms. The average Bonchev–Trinajstić information content (AvgIpc) is 2.82. The molecule has 0 amide bonds. The molecule has 2 nitrogen and oxygen atoms in total. The van der Waals surface area contributed by atoms with E-state index in [-0.39, 0.29) is 6.10 Å². The Kier molecular flexibility index (Phi) is 3.26. The molecule has 1 atom stereocenters. The summed E-state index contributed by atoms with van der Waals surface area (Å²) in [5, 5.41) is 3.19. The Morgan fingerprint density at radius 1 is 1.16 bits per heavy atom. The maximum atomic E-state index is 6.10. The normalized spacial score (nSPS) is 17.1. The molecule has 0 saturated carbocycles. The number of para-hydroxylation sites is 1. The topological polar surface area (TPSA) is 21.3 Å². The molecule has 0 aliphatic carbocycles. The molecule has 0 unspecified atom stereocenters. The Hall–Kier alpha value is -1.80. The lowest BCUT2D eigenvalue weighted by Crippen LogP contribution is -2.27. The van der Waals surface area contributed by atoms with Gasteiger partial charge in [0, 0.05) is 18.5 Å². The van der Waals surface area contributed by atoms with Crippen LogP contribution in [0.2, 0.25) is 0 Å². The van der Waals surface area contributed by atoms with E-state index in [4.69, 9.17) is 4.74 Å². The van der Waals surface area contributed by atoms with E-state index in [1.807, 2.05) is 7.05 Å². The van der Waals surface area contributed by atoms with Gasteiger partial charge in [0.05, 0.1) is 0 Å². The Bertz CT molecular complexity index is 574. The number of rotatable bonds is 3. The van der Waals surface area contributed by atoms with Crippen molar-refractivity contribution in [2.45, 2.75) is 19.4 Å². The summed E-state index contributed by atoms with van der Waals surface area (Å²) in [5.41, 5.74) is 5.03. The van der Waals surface area contributed by atoms with Crippen LogP contribution in [-0.4, -0.2) is 19.7 Å². The van der Waals surface area contributed by atoms with Crippen molar-refractivity contribution >= 4 is 0 Å². The van der Waals surface area contributed by atoms with Crippen LogP contribution in [0.5, 0.6) is 5.75 Å². The first-order valence-electron chi connectivity index (χ1n) is 6.78. The molecular weight excluding hydrogens is 234 g/mol. The Morgan fingerprint density at radius 3 is 2.68 bits per heavy atom. The van der Waals surface area contributed by atoms with Gasteiger partial charge in [-0.2, -0.15) is 0 Å². The molecule has 2 aromatic rings. The average molecular weight is 253 g/mol. The number of aryl methyl sites for hydroxylation is 1. The van der Waals surface area contributed by atoms with E-state index in [2.05, 4.69) is 54.7 Å². The Balaban J connectivity index is 1.97. The van der Waals surface area contributed by atoms with E-state index in [1.165, 1.54) is 22.3 Å². The van der Waals surface area contributed by atoms with Crippen LogP contribution < -0.4 is 10.1 Å². The minimum atomic E-state index is 0.256. The van der Waals surface area contributed by atoms with Crippen LogP contribution in [0.3, 0.4) is 0 Å². The second kappa shape index (κ2) is 5.06. The van der Waals surface area contributed by atoms with Gasteiger partial charge in [0.15, 0.2) is 0 Å². The van der Waals surface area contributed by atoms with Crippen LogP contribution in [0.25, 0.3) is 11.1 Å². The van der Waals surface area contributed by atoms with E-state index < -0.39 is 0 Å². The maximum absolute atomic E-state index is 6.10. The molecule has 1 aliphatic rings. The highest BCUT2D eigenvalue weighted by Gasteiger charge is 2.24. The lowest BCUT2D eigenvalue weighted by molar-refractivity contribution is 0.232. The molecule has 0 fully saturated rings. The van der Waals surface area contributed by atoms with Gasteiger partial charge in [0.25, 0.3) is 0 Å². The first-order valence-corrected chi connectivity index (χ1v) is 6.78. The number of nitrogens with one attached hydrogen (secondary N) is 1. The standard InChI is InChI=1S/C17H19NO/c1-12-6-8-13(9-7-12)16-5-3-4-14-10-15(11-18-2)19-17(14)16/h3-9,15,18H,10-11H2,1-2H3/t15-/m1/s1. The van der Waals surface area contributed by atoms with E-state index in [0.717, 1.165) is 18.7 Å². The van der Waals surface area contributed by atoms with E-state index in [9.17, 15) is 0 Å². The van der Waals surface area contributed by atoms with Gasteiger partial charge in [0.1, 0.15) is 11.9 Å². The van der Waals surface area contributed by atoms with Crippen molar-refractivity contribution in [2.24, 2.45) is 0 Å². The van der Waals surface area contributed by atoms with Crippen molar-refractivity contribution in [3.63, 3.8) is 0 Å². The molecule has 2 aromatic carbocycles. The van der Waals surface area contributed by atoms with Crippen molar-refractivity contribution in [3.8, 4) is 16.9 Å². The van der Waals surface area contributed by atoms with Gasteiger partial charge in [-0.05, 0) is 25.1 Å². The monoisotopic (exact) mass is 253 g/mol. The Morgan fingerprint density at radius 2 is 1.95 bits per heavy atom. The van der Waals surface area contributed by atoms with Crippen LogP contribution in [-0.2, 0) is 6.42 Å². The molecule has 0 saturated heterocycles. The van der Waals surface area contributed by atoms with Gasteiger partial charge in [-0.1, -0.05) is 48.0 Å². The molecular formula is C17H19NO. The van der Waals surface area contributed by atoms with Crippen molar-refractivity contribution in [2.75, 3.05) is 13.6 Å². The summed E-state index contributed by atoms with van der Waals surface area (Å²) in [6, 6.07) is 15.1. The fourth-order valence-corrected chi connectivity index (χ4v) is 2.64. The predicted molar refractivity (Wildman–Crippen MR) is 78.7 cm³/mol. The zero-order valence-corrected chi connectivity index (χ0v) is 11.4. The quantitative estimate of drug-likeness (QED) is 0.907. The van der Waals surface area contributed by atoms with Gasteiger partial charge >= 0.3 is 0 Å². The summed E-state index contributed by atoms with van der Waals surface area (Å²) in [7, 11) is 1.97. The summed E-state index contributed by atoms with van der Waals surface area (Å²) in [4.78, 5) is 0. The second-order valence-corrected chi connectivity index (χ2v) is 5.16. The Labute approximate surface area is 114 Å². The SMILES string of the molecule is CNC[C@H]1Cc2cccc(-c3ccc(C)cc3)c2O1. The summed E-state index contributed by atoms with van der Waals surface area (Å²) >= 11 is 0. The molecule has 19 heavy (non-hydrogen) atoms. The van der Waals surface area contributed by atoms with Gasteiger partial charge < -0.3 is 10.1 Å². The summed E-state index contributed by atoms with van der Waals surface area (Å²) < 4.78 is 6.10. The van der Waals surface area contributed by atoms with Crippen LogP contribution in [0.15, 0.2) is 42.5 Å². The molecule has 0 aromatic heterocycles. The van der Waals surface area contributed by atoms with E-state index in [1.54, 1.807) is 0 Å². The first kappa shape index (κ1) is 12.2. The highest BCUT2D eigenvalue weighted by molar-refractivity contribution is 5.73. The number of fused-ring (bicyclic) bond motifs is 1. The predicted octanol–water partition coefficient (Wildman–Crippen LogP) is 3.18. The minimum Gasteiger partial charge on any atom is -0.488 e. The van der Waals surface area contributed by atoms with Gasteiger partial charge in [-0.15, -0.1) is 0 Å². The van der Waals surface area contributed by atoms with Crippen molar-refractivity contribution in [1.29, 1.82) is 0 Å². The van der Waals surface area contributed by atoms with Crippen LogP contribution in [0.4, 0.5) is 0 Å². The summed E-state index contributed by atoms with van der Waals surface area (Å²) in [6.45, 7) is 3.00. The molecule has 0 spiro atoms. The highest BCUT2D eigenvalue weighted by Crippen LogP contribution is 2.38. The third kappa shape index (κ3) is 2.36. The number of likely N-dealkylation sites (N-methyl/N-ethyl adjacent to an activating group) is 1.